The van der Waals surface area contributed by atoms with Crippen molar-refractivity contribution in [2.75, 3.05) is 11.4 Å². The van der Waals surface area contributed by atoms with Crippen LogP contribution in [0.5, 0.6) is 11.5 Å². The van der Waals surface area contributed by atoms with Crippen molar-refractivity contribution in [3.8, 4) is 56.3 Å². The van der Waals surface area contributed by atoms with E-state index in [1.807, 2.05) is 12.3 Å². The molecule has 1 fully saturated rings. The summed E-state index contributed by atoms with van der Waals surface area (Å²) in [6.45, 7) is 9.98. The fraction of sp³-hybridized carbons (Fsp3) is 0.158. The quantitative estimate of drug-likeness (QED) is 0.142. The molecule has 0 bridgehead atoms. The van der Waals surface area contributed by atoms with E-state index >= 15 is 0 Å². The van der Waals surface area contributed by atoms with Crippen molar-refractivity contribution < 1.29 is 24.1 Å². The van der Waals surface area contributed by atoms with Gasteiger partial charge in [0.05, 0.1) is 0 Å². The minimum absolute atomic E-state index is 0.0644. The molecule has 2 aliphatic rings. The maximum absolute atomic E-state index is 6.70. The van der Waals surface area contributed by atoms with Gasteiger partial charge in [-0.1, -0.05) is 30.3 Å². The van der Waals surface area contributed by atoms with Gasteiger partial charge in [0.25, 0.3) is 0 Å². The number of rotatable bonds is 8. The van der Waals surface area contributed by atoms with Crippen molar-refractivity contribution in [1.29, 1.82) is 0 Å². The molecule has 0 amide bonds. The van der Waals surface area contributed by atoms with Crippen molar-refractivity contribution >= 4 is 22.5 Å². The fourth-order valence-electron chi connectivity index (χ4n) is 9.31. The van der Waals surface area contributed by atoms with Gasteiger partial charge in [0.15, 0.2) is 0 Å². The molecule has 9 aromatic rings. The molecule has 2 atom stereocenters. The number of anilines is 2. The molecule has 0 saturated heterocycles. The van der Waals surface area contributed by atoms with E-state index in [9.17, 15) is 0 Å². The number of ether oxygens (including phenoxy) is 1. The first-order valence-electron chi connectivity index (χ1n) is 21.7. The van der Waals surface area contributed by atoms with Crippen molar-refractivity contribution in [2.45, 2.75) is 45.4 Å². The summed E-state index contributed by atoms with van der Waals surface area (Å²) in [5.41, 5.74) is 16.0. The van der Waals surface area contributed by atoms with E-state index in [4.69, 9.17) is 9.72 Å². The van der Waals surface area contributed by atoms with E-state index in [1.54, 1.807) is 0 Å². The maximum atomic E-state index is 6.70. The van der Waals surface area contributed by atoms with Crippen LogP contribution in [-0.2, 0) is 24.8 Å². The van der Waals surface area contributed by atoms with Gasteiger partial charge < -0.3 is 0 Å². The van der Waals surface area contributed by atoms with Gasteiger partial charge in [-0.3, -0.25) is 0 Å². The summed E-state index contributed by atoms with van der Waals surface area (Å²) in [5, 5.41) is 0. The van der Waals surface area contributed by atoms with Gasteiger partial charge >= 0.3 is 322 Å². The Kier molecular flexibility index (Phi) is 9.77. The van der Waals surface area contributed by atoms with Crippen LogP contribution in [0.2, 0.25) is 0 Å². The van der Waals surface area contributed by atoms with E-state index in [1.165, 1.54) is 50.9 Å². The monoisotopic (exact) mass is 997 g/mol. The van der Waals surface area contributed by atoms with Crippen LogP contribution in [0.1, 0.15) is 49.8 Å². The van der Waals surface area contributed by atoms with Gasteiger partial charge in [0.1, 0.15) is 0 Å². The van der Waals surface area contributed by atoms with E-state index in [-0.39, 0.29) is 5.41 Å². The Morgan fingerprint density at radius 1 is 0.635 bits per heavy atom. The molecule has 0 N–H and O–H groups in total. The first-order valence-corrected chi connectivity index (χ1v) is 22.9. The van der Waals surface area contributed by atoms with Crippen LogP contribution in [0.15, 0.2) is 170 Å². The van der Waals surface area contributed by atoms with Gasteiger partial charge in [-0.2, -0.15) is 0 Å². The summed E-state index contributed by atoms with van der Waals surface area (Å²) in [4.78, 5) is 7.36. The molecule has 0 spiro atoms. The Morgan fingerprint density at radius 2 is 1.22 bits per heavy atom. The van der Waals surface area contributed by atoms with Crippen LogP contribution in [0.3, 0.4) is 0 Å². The molecule has 3 heterocycles. The molecule has 11 rings (SSSR count). The number of fused-ring (bicyclic) bond motifs is 4. The van der Waals surface area contributed by atoms with Crippen LogP contribution in [-0.4, -0.2) is 20.7 Å². The van der Waals surface area contributed by atoms with Crippen molar-refractivity contribution in [3.63, 3.8) is 0 Å². The van der Waals surface area contributed by atoms with Gasteiger partial charge in [-0.05, 0) is 18.1 Å². The minimum Gasteiger partial charge on any atom is -0.0622 e. The van der Waals surface area contributed by atoms with E-state index in [0.717, 1.165) is 49.8 Å². The number of pyridine rings is 1. The predicted octanol–water partition coefficient (Wildman–Crippen LogP) is 14.1. The molecule has 5 nitrogen and oxygen atoms in total. The SMILES string of the molecule is Cc1cc(N2CC3CC3c3ccc(Oc4[c-]c(-n5[c](=[Pt])n(-c6c(-c7ccccc7)cc(C(C)(C)C)cc6-c6ccccc6)c6ccccc65)ccc4)[c-]c32)ncc1-c1ccccc1. The summed E-state index contributed by atoms with van der Waals surface area (Å²) in [5.74, 6) is 3.42. The van der Waals surface area contributed by atoms with E-state index in [2.05, 4.69) is 231 Å². The Labute approximate surface area is 380 Å². The smallest absolute Gasteiger partial charge is 0.0622 e. The number of hydrogen-bond donors (Lipinski definition) is 0. The first-order chi connectivity index (χ1) is 30.7. The Bertz CT molecular complexity index is 3180. The molecule has 1 aliphatic carbocycles. The van der Waals surface area contributed by atoms with E-state index < -0.39 is 0 Å². The predicted molar refractivity (Wildman–Crippen MR) is 252 cm³/mol. The molecule has 63 heavy (non-hydrogen) atoms. The number of benzene rings is 7. The average molecular weight is 998 g/mol. The third-order valence-corrected chi connectivity index (χ3v) is 13.7. The molecule has 1 saturated carbocycles. The van der Waals surface area contributed by atoms with E-state index in [0.29, 0.717) is 23.3 Å². The zero-order valence-electron chi connectivity index (χ0n) is 35.7. The van der Waals surface area contributed by atoms with Crippen LogP contribution in [0, 0.1) is 28.8 Å². The van der Waals surface area contributed by atoms with Gasteiger partial charge in [-0.15, -0.1) is 0 Å². The summed E-state index contributed by atoms with van der Waals surface area (Å²) in [6.07, 6.45) is 3.21. The molecule has 1 aliphatic heterocycles. The van der Waals surface area contributed by atoms with Gasteiger partial charge in [0, 0.05) is 11.8 Å². The summed E-state index contributed by atoms with van der Waals surface area (Å²) < 4.78 is 12.4. The van der Waals surface area contributed by atoms with Crippen LogP contribution >= 0.6 is 0 Å². The van der Waals surface area contributed by atoms with Gasteiger partial charge in [-0.25, -0.2) is 0 Å². The zero-order valence-corrected chi connectivity index (χ0v) is 38.0. The first kappa shape index (κ1) is 39.3. The number of nitrogens with zero attached hydrogens (tertiary/aromatic N) is 4. The molecule has 6 heteroatoms. The number of para-hydroxylation sites is 2. The third kappa shape index (κ3) is 7.19. The minimum atomic E-state index is -0.0644. The van der Waals surface area contributed by atoms with Crippen molar-refractivity contribution in [2.24, 2.45) is 5.92 Å². The standard InChI is InChI=1S/C57H46N4O.Pt/c1-38-29-55(58-35-51(38)41-21-12-7-13-22-41)59-36-42-30-48(42)47-28-27-46(34-54(47)59)62-45-24-16-23-44(33-45)60-37-61(53-26-15-14-25-52(53)60)56-49(39-17-8-5-9-18-39)31-43(57(2,3)4)32-50(56)40-19-10-6-11-20-40;/h5-29,31-32,35,42,48H,30,36H2,1-4H3;/q-2;. The number of hydrogen-bond acceptors (Lipinski definition) is 3. The van der Waals surface area contributed by atoms with Crippen LogP contribution in [0.25, 0.3) is 55.8 Å². The summed E-state index contributed by atoms with van der Waals surface area (Å²) in [7, 11) is 0. The Balaban J connectivity index is 1.00. The second kappa shape index (κ2) is 15.7. The molecule has 0 radical (unpaired) electrons. The zero-order chi connectivity index (χ0) is 42.8. The number of imidazole rings is 1. The fourth-order valence-corrected chi connectivity index (χ4v) is 10.4. The van der Waals surface area contributed by atoms with Crippen LogP contribution < -0.4 is 9.64 Å². The van der Waals surface area contributed by atoms with Crippen molar-refractivity contribution in [3.05, 3.63) is 203 Å². The van der Waals surface area contributed by atoms with Gasteiger partial charge in [0.2, 0.25) is 0 Å². The molecular weight excluding hydrogens is 952 g/mol. The number of aryl methyl sites for hydroxylation is 1. The number of aromatic nitrogens is 3. The topological polar surface area (TPSA) is 35.2 Å². The second-order valence-corrected chi connectivity index (χ2v) is 18.9. The molecule has 2 unspecified atom stereocenters. The second-order valence-electron chi connectivity index (χ2n) is 17.9. The van der Waals surface area contributed by atoms with Crippen LogP contribution in [0.4, 0.5) is 11.5 Å². The average Bonchev–Trinajstić information content (AvgIpc) is 4.04. The molecular formula is C57H46N4OPt-2. The summed E-state index contributed by atoms with van der Waals surface area (Å²) in [6, 6.07) is 65.6. The normalized spacial score (nSPS) is 15.6. The molecule has 2 aromatic heterocycles. The van der Waals surface area contributed by atoms with Crippen molar-refractivity contribution in [1.82, 2.24) is 14.1 Å². The molecule has 7 aromatic carbocycles. The Morgan fingerprint density at radius 3 is 1.84 bits per heavy atom. The summed E-state index contributed by atoms with van der Waals surface area (Å²) >= 11 is 2.50. The third-order valence-electron chi connectivity index (χ3n) is 12.7. The Hall–Kier alpha value is -6.55. The molecule has 312 valence electrons.